The Morgan fingerprint density at radius 1 is 1.44 bits per heavy atom. The minimum atomic E-state index is -1.08. The molecule has 1 radical (unpaired) electrons. The number of hydrogen-bond acceptors (Lipinski definition) is 3. The van der Waals surface area contributed by atoms with Crippen LogP contribution in [0, 0.1) is 11.3 Å². The molecule has 16 heavy (non-hydrogen) atoms. The summed E-state index contributed by atoms with van der Waals surface area (Å²) in [7, 11) is 0. The summed E-state index contributed by atoms with van der Waals surface area (Å²) >= 11 is 4.74. The van der Waals surface area contributed by atoms with Crippen molar-refractivity contribution in [2.24, 2.45) is 11.3 Å². The Hall–Kier alpha value is -0.230. The van der Waals surface area contributed by atoms with Crippen LogP contribution in [0.5, 0.6) is 0 Å². The molecule has 0 aromatic heterocycles. The van der Waals surface area contributed by atoms with Crippen molar-refractivity contribution in [2.45, 2.75) is 20.3 Å². The minimum absolute atomic E-state index is 0. The number of rotatable bonds is 3. The molecule has 0 aromatic rings. The molecule has 6 heteroatoms. The monoisotopic (exact) mass is 249 g/mol. The number of amides is 2. The molecule has 2 amide bonds. The van der Waals surface area contributed by atoms with Crippen molar-refractivity contribution in [3.05, 3.63) is 12.7 Å². The second-order valence-corrected chi connectivity index (χ2v) is 3.99. The van der Waals surface area contributed by atoms with E-state index in [1.807, 2.05) is 0 Å². The molecule has 1 unspecified atom stereocenters. The minimum Gasteiger partial charge on any atom is -0.302 e. The Bertz CT molecular complexity index is 324. The van der Waals surface area contributed by atoms with E-state index >= 15 is 0 Å². The van der Waals surface area contributed by atoms with E-state index in [4.69, 9.17) is 12.2 Å². The molecule has 0 bridgehead atoms. The van der Waals surface area contributed by atoms with E-state index in [0.29, 0.717) is 6.42 Å². The van der Waals surface area contributed by atoms with Gasteiger partial charge in [-0.25, -0.2) is 0 Å². The molecule has 4 nitrogen and oxygen atoms in total. The molecule has 1 fully saturated rings. The van der Waals surface area contributed by atoms with Gasteiger partial charge in [-0.3, -0.25) is 9.59 Å². The van der Waals surface area contributed by atoms with E-state index in [1.165, 1.54) is 0 Å². The van der Waals surface area contributed by atoms with Crippen molar-refractivity contribution in [3.63, 3.8) is 0 Å². The molecule has 2 N–H and O–H groups in total. The van der Waals surface area contributed by atoms with E-state index < -0.39 is 5.41 Å². The van der Waals surface area contributed by atoms with Gasteiger partial charge in [0.2, 0.25) is 11.8 Å². The summed E-state index contributed by atoms with van der Waals surface area (Å²) in [6, 6.07) is 0. The van der Waals surface area contributed by atoms with Crippen molar-refractivity contribution in [2.75, 3.05) is 0 Å². The van der Waals surface area contributed by atoms with E-state index in [0.717, 1.165) is 0 Å². The number of allylic oxidation sites excluding steroid dienone is 1. The van der Waals surface area contributed by atoms with Gasteiger partial charge in [0.15, 0.2) is 5.11 Å². The first-order chi connectivity index (χ1) is 6.98. The molecule has 0 spiro atoms. The van der Waals surface area contributed by atoms with Gasteiger partial charge in [-0.05, 0) is 24.6 Å². The summed E-state index contributed by atoms with van der Waals surface area (Å²) in [6.45, 7) is 7.22. The van der Waals surface area contributed by atoms with Gasteiger partial charge in [0, 0.05) is 29.6 Å². The van der Waals surface area contributed by atoms with Gasteiger partial charge in [-0.15, -0.1) is 6.58 Å². The average Bonchev–Trinajstić information content (AvgIpc) is 2.17. The van der Waals surface area contributed by atoms with Crippen molar-refractivity contribution in [3.8, 4) is 0 Å². The first kappa shape index (κ1) is 15.8. The van der Waals surface area contributed by atoms with Gasteiger partial charge in [-0.2, -0.15) is 0 Å². The number of carbonyl (C=O) groups excluding carboxylic acids is 2. The third kappa shape index (κ3) is 2.37. The van der Waals surface area contributed by atoms with Crippen LogP contribution in [0.4, 0.5) is 0 Å². The first-order valence-electron chi connectivity index (χ1n) is 4.78. The number of thiocarbonyl (C=S) groups is 1. The fraction of sp³-hybridized carbons (Fsp3) is 0.500. The van der Waals surface area contributed by atoms with E-state index in [9.17, 15) is 9.59 Å². The zero-order valence-electron chi connectivity index (χ0n) is 9.79. The predicted molar refractivity (Wildman–Crippen MR) is 66.7 cm³/mol. The van der Waals surface area contributed by atoms with Crippen LogP contribution in [-0.2, 0) is 9.59 Å². The van der Waals surface area contributed by atoms with Gasteiger partial charge in [0.05, 0.1) is 0 Å². The fourth-order valence-electron chi connectivity index (χ4n) is 1.82. The van der Waals surface area contributed by atoms with Crippen LogP contribution in [0.25, 0.3) is 0 Å². The van der Waals surface area contributed by atoms with Crippen LogP contribution in [0.15, 0.2) is 12.7 Å². The summed E-state index contributed by atoms with van der Waals surface area (Å²) in [6.07, 6.45) is 2.03. The largest absolute Gasteiger partial charge is 0.302 e. The molecule has 1 aliphatic rings. The normalized spacial score (nSPS) is 20.2. The SMILES string of the molecule is C=CC(C)C1(CC)C(=O)NC(=S)NC1=O.[Na]. The van der Waals surface area contributed by atoms with Gasteiger partial charge < -0.3 is 10.6 Å². The maximum absolute atomic E-state index is 11.9. The smallest absolute Gasteiger partial charge is 0.242 e. The summed E-state index contributed by atoms with van der Waals surface area (Å²) in [5, 5.41) is 5.03. The van der Waals surface area contributed by atoms with E-state index in [2.05, 4.69) is 17.2 Å². The zero-order chi connectivity index (χ0) is 11.6. The summed E-state index contributed by atoms with van der Waals surface area (Å²) in [5.41, 5.74) is -1.08. The Balaban J connectivity index is 0.00000225. The van der Waals surface area contributed by atoms with Crippen LogP contribution in [0.1, 0.15) is 20.3 Å². The van der Waals surface area contributed by atoms with Crippen LogP contribution in [-0.4, -0.2) is 46.5 Å². The molecule has 0 aromatic carbocycles. The van der Waals surface area contributed by atoms with Gasteiger partial charge in [-0.1, -0.05) is 19.9 Å². The zero-order valence-corrected chi connectivity index (χ0v) is 12.6. The molecule has 1 saturated heterocycles. The molecule has 0 saturated carbocycles. The Labute approximate surface area is 123 Å². The molecule has 1 heterocycles. The van der Waals surface area contributed by atoms with E-state index in [-0.39, 0.29) is 52.4 Å². The number of hydrogen-bond donors (Lipinski definition) is 2. The molecule has 0 aliphatic carbocycles. The molecular weight excluding hydrogens is 235 g/mol. The van der Waals surface area contributed by atoms with Gasteiger partial charge >= 0.3 is 0 Å². The Morgan fingerprint density at radius 3 is 2.19 bits per heavy atom. The molecule has 83 valence electrons. The molecule has 1 rings (SSSR count). The fourth-order valence-corrected chi connectivity index (χ4v) is 2.01. The van der Waals surface area contributed by atoms with Crippen LogP contribution < -0.4 is 10.6 Å². The topological polar surface area (TPSA) is 58.2 Å². The van der Waals surface area contributed by atoms with Crippen molar-refractivity contribution >= 4 is 58.7 Å². The maximum atomic E-state index is 11.9. The second kappa shape index (κ2) is 5.91. The summed E-state index contributed by atoms with van der Waals surface area (Å²) < 4.78 is 0. The van der Waals surface area contributed by atoms with Crippen molar-refractivity contribution in [1.29, 1.82) is 0 Å². The van der Waals surface area contributed by atoms with Crippen LogP contribution in [0.3, 0.4) is 0 Å². The number of carbonyl (C=O) groups is 2. The molecule has 1 aliphatic heterocycles. The van der Waals surface area contributed by atoms with Crippen molar-refractivity contribution < 1.29 is 9.59 Å². The van der Waals surface area contributed by atoms with Gasteiger partial charge in [0.1, 0.15) is 5.41 Å². The Kier molecular flexibility index (Phi) is 5.82. The van der Waals surface area contributed by atoms with Crippen LogP contribution in [0.2, 0.25) is 0 Å². The third-order valence-corrected chi connectivity index (χ3v) is 3.16. The molecule has 1 atom stereocenters. The Morgan fingerprint density at radius 2 is 1.88 bits per heavy atom. The summed E-state index contributed by atoms with van der Waals surface area (Å²) in [4.78, 5) is 23.7. The maximum Gasteiger partial charge on any atom is 0.242 e. The van der Waals surface area contributed by atoms with Crippen molar-refractivity contribution in [1.82, 2.24) is 10.6 Å². The quantitative estimate of drug-likeness (QED) is 0.328. The summed E-state index contributed by atoms with van der Waals surface area (Å²) in [5.74, 6) is -0.914. The molecular formula is C10H14N2NaO2S. The van der Waals surface area contributed by atoms with Crippen LogP contribution >= 0.6 is 12.2 Å². The standard InChI is InChI=1S/C10H14N2O2S.Na/c1-4-6(3)10(5-2)7(13)11-9(15)12-8(10)14;/h4,6H,1,5H2,2-3H3,(H2,11,12,13,14,15);. The number of nitrogens with one attached hydrogen (secondary N) is 2. The first-order valence-corrected chi connectivity index (χ1v) is 5.19. The third-order valence-electron chi connectivity index (χ3n) is 2.95. The van der Waals surface area contributed by atoms with Gasteiger partial charge in [0.25, 0.3) is 0 Å². The second-order valence-electron chi connectivity index (χ2n) is 3.59. The average molecular weight is 249 g/mol. The van der Waals surface area contributed by atoms with E-state index in [1.54, 1.807) is 19.9 Å². The predicted octanol–water partition coefficient (Wildman–Crippen LogP) is 0.355.